The normalized spacial score (nSPS) is 23.9. The van der Waals surface area contributed by atoms with Gasteiger partial charge in [0.15, 0.2) is 0 Å². The second-order valence-electron chi connectivity index (χ2n) is 6.49. The molecule has 1 atom stereocenters. The van der Waals surface area contributed by atoms with Crippen molar-refractivity contribution in [3.05, 3.63) is 12.4 Å². The SMILES string of the molecule is CSC1(CNc2cc(N3CCCC(CO)C3)ncn2)CCC1. The third-order valence-corrected chi connectivity index (χ3v) is 6.46. The van der Waals surface area contributed by atoms with Crippen molar-refractivity contribution in [2.45, 2.75) is 36.9 Å². The lowest BCUT2D eigenvalue weighted by Crippen LogP contribution is -2.40. The van der Waals surface area contributed by atoms with Crippen molar-refractivity contribution in [2.75, 3.05) is 42.7 Å². The number of hydrogen-bond donors (Lipinski definition) is 2. The number of anilines is 2. The highest BCUT2D eigenvalue weighted by atomic mass is 32.2. The van der Waals surface area contributed by atoms with Crippen LogP contribution in [0.4, 0.5) is 11.6 Å². The van der Waals surface area contributed by atoms with Crippen molar-refractivity contribution in [2.24, 2.45) is 5.92 Å². The van der Waals surface area contributed by atoms with Gasteiger partial charge in [0.05, 0.1) is 0 Å². The quantitative estimate of drug-likeness (QED) is 0.838. The summed E-state index contributed by atoms with van der Waals surface area (Å²) >= 11 is 1.97. The largest absolute Gasteiger partial charge is 0.396 e. The van der Waals surface area contributed by atoms with Crippen molar-refractivity contribution in [3.8, 4) is 0 Å². The van der Waals surface area contributed by atoms with Gasteiger partial charge in [-0.15, -0.1) is 0 Å². The molecule has 122 valence electrons. The fraction of sp³-hybridized carbons (Fsp3) is 0.750. The van der Waals surface area contributed by atoms with E-state index >= 15 is 0 Å². The van der Waals surface area contributed by atoms with Crippen LogP contribution in [0, 0.1) is 5.92 Å². The number of nitrogens with zero attached hydrogens (tertiary/aromatic N) is 3. The molecule has 0 bridgehead atoms. The van der Waals surface area contributed by atoms with Gasteiger partial charge in [0, 0.05) is 37.1 Å². The minimum absolute atomic E-state index is 0.267. The van der Waals surface area contributed by atoms with E-state index in [0.29, 0.717) is 10.7 Å². The number of nitrogens with one attached hydrogen (secondary N) is 1. The summed E-state index contributed by atoms with van der Waals surface area (Å²) in [6.45, 7) is 3.15. The predicted molar refractivity (Wildman–Crippen MR) is 92.6 cm³/mol. The van der Waals surface area contributed by atoms with E-state index in [0.717, 1.165) is 44.1 Å². The summed E-state index contributed by atoms with van der Waals surface area (Å²) in [6.07, 6.45) is 10.0. The molecular formula is C16H26N4OS. The highest BCUT2D eigenvalue weighted by molar-refractivity contribution is 8.00. The van der Waals surface area contributed by atoms with Crippen molar-refractivity contribution in [1.82, 2.24) is 9.97 Å². The molecule has 2 N–H and O–H groups in total. The molecule has 0 aromatic carbocycles. The van der Waals surface area contributed by atoms with E-state index in [-0.39, 0.29) is 6.61 Å². The second-order valence-corrected chi connectivity index (χ2v) is 7.77. The third kappa shape index (κ3) is 3.49. The van der Waals surface area contributed by atoms with Gasteiger partial charge in [-0.3, -0.25) is 0 Å². The number of aromatic nitrogens is 2. The van der Waals surface area contributed by atoms with Gasteiger partial charge >= 0.3 is 0 Å². The van der Waals surface area contributed by atoms with E-state index in [9.17, 15) is 5.11 Å². The number of aliphatic hydroxyl groups is 1. The standard InChI is InChI=1S/C16H26N4OS/c1-22-16(5-3-6-16)11-17-14-8-15(19-12-18-14)20-7-2-4-13(9-20)10-21/h8,12-13,21H,2-7,9-11H2,1H3,(H,17,18,19). The molecule has 0 amide bonds. The van der Waals surface area contributed by atoms with Gasteiger partial charge in [0.1, 0.15) is 18.0 Å². The van der Waals surface area contributed by atoms with Gasteiger partial charge < -0.3 is 15.3 Å². The molecule has 2 fully saturated rings. The van der Waals surface area contributed by atoms with Gasteiger partial charge in [0.2, 0.25) is 0 Å². The predicted octanol–water partition coefficient (Wildman–Crippen LogP) is 2.38. The average Bonchev–Trinajstić information content (AvgIpc) is 2.55. The Labute approximate surface area is 136 Å². The maximum Gasteiger partial charge on any atom is 0.134 e. The lowest BCUT2D eigenvalue weighted by Gasteiger charge is -2.40. The lowest BCUT2D eigenvalue weighted by molar-refractivity contribution is 0.208. The van der Waals surface area contributed by atoms with Crippen LogP contribution in [0.3, 0.4) is 0 Å². The molecule has 2 heterocycles. The highest BCUT2D eigenvalue weighted by Crippen LogP contribution is 2.42. The summed E-state index contributed by atoms with van der Waals surface area (Å²) in [5, 5.41) is 12.9. The van der Waals surface area contributed by atoms with Crippen LogP contribution in [0.15, 0.2) is 12.4 Å². The first-order valence-electron chi connectivity index (χ1n) is 8.21. The molecule has 1 aliphatic carbocycles. The molecule has 1 aromatic heterocycles. The van der Waals surface area contributed by atoms with Crippen molar-refractivity contribution in [1.29, 1.82) is 0 Å². The van der Waals surface area contributed by atoms with Gasteiger partial charge in [0.25, 0.3) is 0 Å². The Hall–Kier alpha value is -1.01. The molecule has 5 nitrogen and oxygen atoms in total. The Morgan fingerprint density at radius 1 is 1.41 bits per heavy atom. The summed E-state index contributed by atoms with van der Waals surface area (Å²) < 4.78 is 0.401. The number of aliphatic hydroxyl groups excluding tert-OH is 1. The van der Waals surface area contributed by atoms with Crippen LogP contribution in [0.2, 0.25) is 0 Å². The molecule has 1 saturated heterocycles. The fourth-order valence-corrected chi connectivity index (χ4v) is 4.23. The Kier molecular flexibility index (Phi) is 5.08. The summed E-state index contributed by atoms with van der Waals surface area (Å²) in [4.78, 5) is 11.0. The van der Waals surface area contributed by atoms with Gasteiger partial charge in [-0.05, 0) is 37.9 Å². The zero-order valence-corrected chi connectivity index (χ0v) is 14.1. The molecular weight excluding hydrogens is 296 g/mol. The van der Waals surface area contributed by atoms with E-state index in [2.05, 4.69) is 26.4 Å². The minimum atomic E-state index is 0.267. The van der Waals surface area contributed by atoms with E-state index in [1.54, 1.807) is 6.33 Å². The van der Waals surface area contributed by atoms with Crippen molar-refractivity contribution >= 4 is 23.4 Å². The number of thioether (sulfide) groups is 1. The minimum Gasteiger partial charge on any atom is -0.396 e. The highest BCUT2D eigenvalue weighted by Gasteiger charge is 2.35. The summed E-state index contributed by atoms with van der Waals surface area (Å²) in [5.74, 6) is 2.26. The van der Waals surface area contributed by atoms with Crippen LogP contribution < -0.4 is 10.2 Å². The average molecular weight is 322 g/mol. The van der Waals surface area contributed by atoms with Gasteiger partial charge in [-0.1, -0.05) is 6.42 Å². The van der Waals surface area contributed by atoms with Gasteiger partial charge in [-0.25, -0.2) is 9.97 Å². The van der Waals surface area contributed by atoms with Crippen LogP contribution in [0.25, 0.3) is 0 Å². The number of rotatable bonds is 6. The molecule has 1 aromatic rings. The molecule has 22 heavy (non-hydrogen) atoms. The Bertz CT molecular complexity index is 489. The molecule has 1 aliphatic heterocycles. The molecule has 2 aliphatic rings. The monoisotopic (exact) mass is 322 g/mol. The Balaban J connectivity index is 1.62. The molecule has 6 heteroatoms. The smallest absolute Gasteiger partial charge is 0.134 e. The molecule has 3 rings (SSSR count). The van der Waals surface area contributed by atoms with Crippen LogP contribution in [0.5, 0.6) is 0 Å². The summed E-state index contributed by atoms with van der Waals surface area (Å²) in [7, 11) is 0. The zero-order chi connectivity index (χ0) is 15.4. The van der Waals surface area contributed by atoms with Gasteiger partial charge in [-0.2, -0.15) is 11.8 Å². The molecule has 1 saturated carbocycles. The maximum atomic E-state index is 9.37. The van der Waals surface area contributed by atoms with E-state index in [4.69, 9.17) is 0 Å². The third-order valence-electron chi connectivity index (χ3n) is 5.04. The first kappa shape index (κ1) is 15.9. The molecule has 0 radical (unpaired) electrons. The molecule has 1 unspecified atom stereocenters. The lowest BCUT2D eigenvalue weighted by atomic mass is 9.84. The van der Waals surface area contributed by atoms with Crippen LogP contribution >= 0.6 is 11.8 Å². The van der Waals surface area contributed by atoms with Crippen molar-refractivity contribution < 1.29 is 5.11 Å². The Morgan fingerprint density at radius 3 is 2.95 bits per heavy atom. The van der Waals surface area contributed by atoms with Crippen LogP contribution in [-0.4, -0.2) is 52.3 Å². The van der Waals surface area contributed by atoms with E-state index in [1.165, 1.54) is 19.3 Å². The maximum absolute atomic E-state index is 9.37. The first-order valence-corrected chi connectivity index (χ1v) is 9.44. The van der Waals surface area contributed by atoms with Crippen LogP contribution in [0.1, 0.15) is 32.1 Å². The molecule has 0 spiro atoms. The summed E-state index contributed by atoms with van der Waals surface area (Å²) in [6, 6.07) is 2.05. The van der Waals surface area contributed by atoms with E-state index in [1.807, 2.05) is 17.8 Å². The van der Waals surface area contributed by atoms with E-state index < -0.39 is 0 Å². The number of piperidine rings is 1. The topological polar surface area (TPSA) is 61.3 Å². The first-order chi connectivity index (χ1) is 10.7. The fourth-order valence-electron chi connectivity index (χ4n) is 3.31. The van der Waals surface area contributed by atoms with Crippen molar-refractivity contribution in [3.63, 3.8) is 0 Å². The summed E-state index contributed by atoms with van der Waals surface area (Å²) in [5.41, 5.74) is 0. The number of hydrogen-bond acceptors (Lipinski definition) is 6. The Morgan fingerprint density at radius 2 is 2.27 bits per heavy atom. The zero-order valence-electron chi connectivity index (χ0n) is 13.3. The second kappa shape index (κ2) is 7.04. The van der Waals surface area contributed by atoms with Crippen LogP contribution in [-0.2, 0) is 0 Å².